The second kappa shape index (κ2) is 12.9. The Balaban J connectivity index is 1.29. The van der Waals surface area contributed by atoms with Crippen LogP contribution in [0.5, 0.6) is 17.2 Å². The van der Waals surface area contributed by atoms with E-state index in [0.29, 0.717) is 29.0 Å². The molecule has 0 bridgehead atoms. The minimum atomic E-state index is -1.62. The van der Waals surface area contributed by atoms with E-state index in [-0.39, 0.29) is 30.1 Å². The number of rotatable bonds is 7. The molecule has 0 amide bonds. The number of benzene rings is 2. The molecule has 2 fully saturated rings. The zero-order chi connectivity index (χ0) is 31.0. The van der Waals surface area contributed by atoms with Crippen molar-refractivity contribution in [2.75, 3.05) is 6.61 Å². The molecular formula is C31H38O12. The maximum absolute atomic E-state index is 13.0. The summed E-state index contributed by atoms with van der Waals surface area (Å²) in [6.45, 7) is 5.16. The predicted octanol–water partition coefficient (Wildman–Crippen LogP) is 1.28. The van der Waals surface area contributed by atoms with Crippen molar-refractivity contribution in [3.05, 3.63) is 64.7 Å². The van der Waals surface area contributed by atoms with Gasteiger partial charge in [-0.3, -0.25) is 4.79 Å². The molecule has 5 rings (SSSR count). The van der Waals surface area contributed by atoms with Gasteiger partial charge >= 0.3 is 0 Å². The predicted molar refractivity (Wildman–Crippen MR) is 150 cm³/mol. The van der Waals surface area contributed by atoms with Crippen LogP contribution < -0.4 is 9.47 Å². The van der Waals surface area contributed by atoms with E-state index in [2.05, 4.69) is 0 Å². The van der Waals surface area contributed by atoms with E-state index in [0.717, 1.165) is 5.57 Å². The molecule has 6 N–H and O–H groups in total. The Kier molecular flexibility index (Phi) is 9.40. The molecule has 12 heteroatoms. The zero-order valence-electron chi connectivity index (χ0n) is 24.1. The number of fused-ring (bicyclic) bond motifs is 1. The molecule has 0 aromatic heterocycles. The van der Waals surface area contributed by atoms with Crippen molar-refractivity contribution in [1.82, 2.24) is 0 Å². The van der Waals surface area contributed by atoms with Crippen LogP contribution in [0.15, 0.2) is 48.0 Å². The first-order valence-electron chi connectivity index (χ1n) is 14.2. The zero-order valence-corrected chi connectivity index (χ0v) is 24.1. The quantitative estimate of drug-likeness (QED) is 0.250. The van der Waals surface area contributed by atoms with Gasteiger partial charge in [-0.05, 0) is 56.5 Å². The molecule has 0 spiro atoms. The van der Waals surface area contributed by atoms with Crippen LogP contribution in [0.3, 0.4) is 0 Å². The molecule has 3 aliphatic rings. The van der Waals surface area contributed by atoms with Gasteiger partial charge in [-0.15, -0.1) is 0 Å². The molecule has 12 nitrogen and oxygen atoms in total. The molecule has 3 heterocycles. The summed E-state index contributed by atoms with van der Waals surface area (Å²) in [5.41, 5.74) is 2.62. The van der Waals surface area contributed by atoms with Crippen LogP contribution in [-0.2, 0) is 20.6 Å². The molecule has 3 aliphatic heterocycles. The molecule has 2 aromatic rings. The summed E-state index contributed by atoms with van der Waals surface area (Å²) in [5, 5.41) is 61.9. The fourth-order valence-corrected chi connectivity index (χ4v) is 5.30. The lowest BCUT2D eigenvalue weighted by Gasteiger charge is -2.44. The van der Waals surface area contributed by atoms with Gasteiger partial charge in [-0.1, -0.05) is 29.8 Å². The highest BCUT2D eigenvalue weighted by atomic mass is 16.7. The lowest BCUT2D eigenvalue weighted by Crippen LogP contribution is -2.62. The SMILES string of the molecule is CC(C)=CCc1ccc2c(c1O)C(=O)C[C@H](c1ccc(O[C@@H]3O[C@@H](C)[C@H](O)[C@@H](O)[C@@H]3O[C@H]3OC[C@H](O)[C@@H](O)[C@H]3O)cc1)O2. The van der Waals surface area contributed by atoms with Crippen LogP contribution in [-0.4, -0.2) is 98.3 Å². The van der Waals surface area contributed by atoms with Gasteiger partial charge < -0.3 is 54.3 Å². The van der Waals surface area contributed by atoms with E-state index < -0.39 is 61.4 Å². The Bertz CT molecular complexity index is 1320. The standard InChI is InChI=1S/C31H38O12/c1-14(2)4-5-17-8-11-21-23(25(17)35)19(32)12-22(42-21)16-6-9-18(10-7-16)41-31-29(27(37)24(34)15(3)40-31)43-30-28(38)26(36)20(33)13-39-30/h4,6-11,15,20,22,24,26-31,33-38H,5,12-13H2,1-3H3/t15-,20-,22+,24-,26+,27+,28+,29-,30+,31-/m0/s1. The first-order valence-corrected chi connectivity index (χ1v) is 14.2. The lowest BCUT2D eigenvalue weighted by molar-refractivity contribution is -0.341. The van der Waals surface area contributed by atoms with Crippen LogP contribution in [0.1, 0.15) is 54.8 Å². The number of hydrogen-bond donors (Lipinski definition) is 6. The highest BCUT2D eigenvalue weighted by Gasteiger charge is 2.49. The molecule has 0 unspecified atom stereocenters. The summed E-state index contributed by atoms with van der Waals surface area (Å²) in [6, 6.07) is 10.1. The van der Waals surface area contributed by atoms with E-state index in [4.69, 9.17) is 23.7 Å². The van der Waals surface area contributed by atoms with Crippen LogP contribution in [0.25, 0.3) is 0 Å². The summed E-state index contributed by atoms with van der Waals surface area (Å²) < 4.78 is 28.8. The molecule has 2 aromatic carbocycles. The summed E-state index contributed by atoms with van der Waals surface area (Å²) in [4.78, 5) is 13.0. The monoisotopic (exact) mass is 602 g/mol. The number of phenols is 1. The summed E-state index contributed by atoms with van der Waals surface area (Å²) >= 11 is 0. The number of ketones is 1. The molecular weight excluding hydrogens is 564 g/mol. The lowest BCUT2D eigenvalue weighted by atomic mass is 9.93. The van der Waals surface area contributed by atoms with Crippen LogP contribution in [0, 0.1) is 0 Å². The third-order valence-corrected chi connectivity index (χ3v) is 7.91. The average Bonchev–Trinajstić information content (AvgIpc) is 2.97. The molecule has 10 atom stereocenters. The van der Waals surface area contributed by atoms with Gasteiger partial charge in [0.2, 0.25) is 6.29 Å². The van der Waals surface area contributed by atoms with Gasteiger partial charge in [-0.2, -0.15) is 0 Å². The number of carbonyl (C=O) groups is 1. The molecule has 0 saturated carbocycles. The van der Waals surface area contributed by atoms with Crippen LogP contribution in [0.2, 0.25) is 0 Å². The van der Waals surface area contributed by atoms with Crippen LogP contribution >= 0.6 is 0 Å². The number of aromatic hydroxyl groups is 1. The van der Waals surface area contributed by atoms with Gasteiger partial charge in [0, 0.05) is 0 Å². The van der Waals surface area contributed by atoms with Gasteiger partial charge in [0.15, 0.2) is 18.2 Å². The number of aliphatic hydroxyl groups excluding tert-OH is 5. The largest absolute Gasteiger partial charge is 0.507 e. The number of hydrogen-bond acceptors (Lipinski definition) is 12. The van der Waals surface area contributed by atoms with Gasteiger partial charge in [0.1, 0.15) is 59.4 Å². The Labute approximate surface area is 248 Å². The van der Waals surface area contributed by atoms with Crippen molar-refractivity contribution in [2.24, 2.45) is 0 Å². The van der Waals surface area contributed by atoms with E-state index in [1.807, 2.05) is 19.9 Å². The maximum atomic E-state index is 13.0. The summed E-state index contributed by atoms with van der Waals surface area (Å²) in [7, 11) is 0. The number of Topliss-reactive ketones (excluding diaryl/α,β-unsaturated/α-hetero) is 1. The third-order valence-electron chi connectivity index (χ3n) is 7.91. The van der Waals surface area contributed by atoms with Crippen molar-refractivity contribution >= 4 is 5.78 Å². The van der Waals surface area contributed by atoms with E-state index >= 15 is 0 Å². The van der Waals surface area contributed by atoms with E-state index in [9.17, 15) is 35.4 Å². The smallest absolute Gasteiger partial charge is 0.229 e. The van der Waals surface area contributed by atoms with Crippen molar-refractivity contribution in [3.63, 3.8) is 0 Å². The summed E-state index contributed by atoms with van der Waals surface area (Å²) in [6.07, 6.45) is -10.2. The van der Waals surface area contributed by atoms with Crippen molar-refractivity contribution < 1.29 is 59.1 Å². The first-order chi connectivity index (χ1) is 20.4. The van der Waals surface area contributed by atoms with Gasteiger partial charge in [0.25, 0.3) is 0 Å². The molecule has 2 saturated heterocycles. The minimum Gasteiger partial charge on any atom is -0.507 e. The Hall–Kier alpha value is -3.07. The number of carbonyl (C=O) groups excluding carboxylic acids is 1. The van der Waals surface area contributed by atoms with Crippen LogP contribution in [0.4, 0.5) is 0 Å². The van der Waals surface area contributed by atoms with E-state index in [1.54, 1.807) is 43.3 Å². The normalized spacial score (nSPS) is 34.2. The highest BCUT2D eigenvalue weighted by Crippen LogP contribution is 2.41. The minimum absolute atomic E-state index is 0.0281. The van der Waals surface area contributed by atoms with Gasteiger partial charge in [0.05, 0.1) is 19.1 Å². The van der Waals surface area contributed by atoms with Crippen molar-refractivity contribution in [3.8, 4) is 17.2 Å². The van der Waals surface area contributed by atoms with Crippen molar-refractivity contribution in [2.45, 2.75) is 95.0 Å². The maximum Gasteiger partial charge on any atom is 0.229 e. The Morgan fingerprint density at radius 1 is 0.953 bits per heavy atom. The molecule has 43 heavy (non-hydrogen) atoms. The number of ether oxygens (including phenoxy) is 5. The average molecular weight is 603 g/mol. The first kappa shape index (κ1) is 31.4. The summed E-state index contributed by atoms with van der Waals surface area (Å²) in [5.74, 6) is 0.319. The molecule has 234 valence electrons. The number of allylic oxidation sites excluding steroid dienone is 2. The van der Waals surface area contributed by atoms with Crippen molar-refractivity contribution in [1.29, 1.82) is 0 Å². The fraction of sp³-hybridized carbons (Fsp3) is 0.516. The Morgan fingerprint density at radius 3 is 2.37 bits per heavy atom. The topological polar surface area (TPSA) is 185 Å². The number of aliphatic hydroxyl groups is 5. The second-order valence-electron chi connectivity index (χ2n) is 11.4. The highest BCUT2D eigenvalue weighted by molar-refractivity contribution is 6.02. The third kappa shape index (κ3) is 6.56. The Morgan fingerprint density at radius 2 is 1.67 bits per heavy atom. The van der Waals surface area contributed by atoms with E-state index in [1.165, 1.54) is 0 Å². The second-order valence-corrected chi connectivity index (χ2v) is 11.4. The molecule has 0 aliphatic carbocycles. The molecule has 0 radical (unpaired) electrons. The number of phenolic OH excluding ortho intramolecular Hbond substituents is 1. The fourth-order valence-electron chi connectivity index (χ4n) is 5.30. The van der Waals surface area contributed by atoms with Gasteiger partial charge in [-0.25, -0.2) is 0 Å².